The molecule has 0 aromatic carbocycles. The predicted octanol–water partition coefficient (Wildman–Crippen LogP) is -0.567. The van der Waals surface area contributed by atoms with Crippen molar-refractivity contribution in [2.45, 2.75) is 12.0 Å². The summed E-state index contributed by atoms with van der Waals surface area (Å²) in [6.45, 7) is 0. The maximum Gasteiger partial charge on any atom is 0.157 e. The SMILES string of the molecule is BC1Oc2ccncc2C1N. The molecule has 2 heterocycles. The quantitative estimate of drug-likeness (QED) is 0.501. The summed E-state index contributed by atoms with van der Waals surface area (Å²) in [5.41, 5.74) is 6.84. The molecular weight excluding hydrogens is 139 g/mol. The summed E-state index contributed by atoms with van der Waals surface area (Å²) < 4.78 is 5.45. The summed E-state index contributed by atoms with van der Waals surface area (Å²) >= 11 is 0. The van der Waals surface area contributed by atoms with Crippen LogP contribution in [0.1, 0.15) is 11.6 Å². The highest BCUT2D eigenvalue weighted by Crippen LogP contribution is 2.32. The van der Waals surface area contributed by atoms with Crippen LogP contribution in [0.15, 0.2) is 18.5 Å². The molecule has 0 aliphatic carbocycles. The van der Waals surface area contributed by atoms with E-state index in [-0.39, 0.29) is 12.0 Å². The van der Waals surface area contributed by atoms with Crippen LogP contribution < -0.4 is 10.5 Å². The lowest BCUT2D eigenvalue weighted by atomic mass is 9.91. The van der Waals surface area contributed by atoms with Gasteiger partial charge < -0.3 is 10.5 Å². The fraction of sp³-hybridized carbons (Fsp3) is 0.286. The van der Waals surface area contributed by atoms with Crippen molar-refractivity contribution in [2.24, 2.45) is 5.73 Å². The first kappa shape index (κ1) is 6.67. The Morgan fingerprint density at radius 2 is 2.45 bits per heavy atom. The smallest absolute Gasteiger partial charge is 0.157 e. The molecule has 11 heavy (non-hydrogen) atoms. The standard InChI is InChI=1S/C7H9BN2O/c8-7-6(9)4-3-10-2-1-5(4)11-7/h1-3,6-7H,8-9H2. The number of rotatable bonds is 0. The number of nitrogens with zero attached hydrogens (tertiary/aromatic N) is 1. The van der Waals surface area contributed by atoms with Gasteiger partial charge in [0.2, 0.25) is 0 Å². The van der Waals surface area contributed by atoms with Crippen LogP contribution >= 0.6 is 0 Å². The lowest BCUT2D eigenvalue weighted by Crippen LogP contribution is -2.25. The predicted molar refractivity (Wildman–Crippen MR) is 44.1 cm³/mol. The van der Waals surface area contributed by atoms with E-state index in [0.717, 1.165) is 11.3 Å². The molecule has 56 valence electrons. The largest absolute Gasteiger partial charge is 0.497 e. The lowest BCUT2D eigenvalue weighted by molar-refractivity contribution is 0.290. The van der Waals surface area contributed by atoms with E-state index in [9.17, 15) is 0 Å². The molecule has 0 saturated heterocycles. The van der Waals surface area contributed by atoms with Gasteiger partial charge in [0.05, 0.1) is 12.0 Å². The van der Waals surface area contributed by atoms with E-state index < -0.39 is 0 Å². The number of pyridine rings is 1. The number of fused-ring (bicyclic) bond motifs is 1. The molecule has 1 aliphatic heterocycles. The van der Waals surface area contributed by atoms with E-state index in [2.05, 4.69) is 4.98 Å². The highest BCUT2D eigenvalue weighted by Gasteiger charge is 2.27. The van der Waals surface area contributed by atoms with Crippen molar-refractivity contribution in [1.29, 1.82) is 0 Å². The zero-order valence-corrected chi connectivity index (χ0v) is 6.32. The fourth-order valence-electron chi connectivity index (χ4n) is 1.28. The van der Waals surface area contributed by atoms with Gasteiger partial charge in [-0.05, 0) is 6.07 Å². The van der Waals surface area contributed by atoms with Gasteiger partial charge in [-0.1, -0.05) is 0 Å². The van der Waals surface area contributed by atoms with E-state index >= 15 is 0 Å². The van der Waals surface area contributed by atoms with Crippen LogP contribution in [0.2, 0.25) is 0 Å². The van der Waals surface area contributed by atoms with Gasteiger partial charge in [-0.2, -0.15) is 0 Å². The van der Waals surface area contributed by atoms with Crippen LogP contribution in [0.4, 0.5) is 0 Å². The van der Waals surface area contributed by atoms with Crippen LogP contribution in [0.25, 0.3) is 0 Å². The van der Waals surface area contributed by atoms with Crippen LogP contribution in [0.5, 0.6) is 5.75 Å². The topological polar surface area (TPSA) is 48.1 Å². The van der Waals surface area contributed by atoms with E-state index in [1.54, 1.807) is 12.4 Å². The molecule has 3 nitrogen and oxygen atoms in total. The Bertz CT molecular complexity index is 279. The van der Waals surface area contributed by atoms with Gasteiger partial charge in [0, 0.05) is 18.0 Å². The summed E-state index contributed by atoms with van der Waals surface area (Å²) in [6, 6.07) is 1.91. The Hall–Kier alpha value is -1.03. The maximum absolute atomic E-state index is 5.82. The van der Waals surface area contributed by atoms with E-state index in [4.69, 9.17) is 10.5 Å². The monoisotopic (exact) mass is 148 g/mol. The summed E-state index contributed by atoms with van der Waals surface area (Å²) in [4.78, 5) is 3.98. The zero-order valence-electron chi connectivity index (χ0n) is 6.32. The number of aromatic nitrogens is 1. The van der Waals surface area contributed by atoms with Gasteiger partial charge in [0.25, 0.3) is 0 Å². The van der Waals surface area contributed by atoms with Crippen molar-refractivity contribution >= 4 is 7.85 Å². The zero-order chi connectivity index (χ0) is 7.84. The summed E-state index contributed by atoms with van der Waals surface area (Å²) in [6.07, 6.45) is 3.48. The van der Waals surface area contributed by atoms with Gasteiger partial charge in [0.15, 0.2) is 7.85 Å². The second kappa shape index (κ2) is 2.24. The number of nitrogens with two attached hydrogens (primary N) is 1. The molecule has 0 spiro atoms. The average Bonchev–Trinajstić information content (AvgIpc) is 2.30. The van der Waals surface area contributed by atoms with E-state index in [1.807, 2.05) is 13.9 Å². The Kier molecular flexibility index (Phi) is 1.36. The Morgan fingerprint density at radius 1 is 1.64 bits per heavy atom. The van der Waals surface area contributed by atoms with Crippen LogP contribution in [0, 0.1) is 0 Å². The fourth-order valence-corrected chi connectivity index (χ4v) is 1.28. The van der Waals surface area contributed by atoms with Gasteiger partial charge in [-0.15, -0.1) is 0 Å². The average molecular weight is 148 g/mol. The van der Waals surface area contributed by atoms with E-state index in [1.165, 1.54) is 0 Å². The highest BCUT2D eigenvalue weighted by molar-refractivity contribution is 6.12. The molecule has 0 saturated carbocycles. The second-order valence-electron chi connectivity index (χ2n) is 2.76. The first-order valence-electron chi connectivity index (χ1n) is 3.65. The van der Waals surface area contributed by atoms with Crippen LogP contribution in [-0.2, 0) is 0 Å². The van der Waals surface area contributed by atoms with Gasteiger partial charge in [0.1, 0.15) is 5.75 Å². The summed E-state index contributed by atoms with van der Waals surface area (Å²) in [7, 11) is 1.96. The molecule has 2 N–H and O–H groups in total. The third-order valence-electron chi connectivity index (χ3n) is 1.99. The number of ether oxygens (including phenoxy) is 1. The number of hydrogen-bond donors (Lipinski definition) is 1. The summed E-state index contributed by atoms with van der Waals surface area (Å²) in [5, 5.41) is 0. The Labute approximate surface area is 66.0 Å². The maximum atomic E-state index is 5.82. The molecule has 0 fully saturated rings. The van der Waals surface area contributed by atoms with Crippen LogP contribution in [-0.4, -0.2) is 18.8 Å². The van der Waals surface area contributed by atoms with Crippen molar-refractivity contribution in [2.75, 3.05) is 0 Å². The molecule has 2 rings (SSSR count). The summed E-state index contributed by atoms with van der Waals surface area (Å²) in [5.74, 6) is 0.875. The third kappa shape index (κ3) is 0.904. The van der Waals surface area contributed by atoms with Gasteiger partial charge in [-0.3, -0.25) is 4.98 Å². The lowest BCUT2D eigenvalue weighted by Gasteiger charge is -2.07. The van der Waals surface area contributed by atoms with Crippen molar-refractivity contribution in [3.63, 3.8) is 0 Å². The second-order valence-corrected chi connectivity index (χ2v) is 2.76. The Morgan fingerprint density at radius 3 is 3.18 bits per heavy atom. The molecule has 1 aromatic heterocycles. The van der Waals surface area contributed by atoms with Crippen molar-refractivity contribution in [3.8, 4) is 5.75 Å². The first-order valence-corrected chi connectivity index (χ1v) is 3.65. The molecule has 2 atom stereocenters. The molecule has 2 unspecified atom stereocenters. The van der Waals surface area contributed by atoms with Crippen molar-refractivity contribution in [1.82, 2.24) is 4.98 Å². The Balaban J connectivity index is 2.47. The number of hydrogen-bond acceptors (Lipinski definition) is 3. The van der Waals surface area contributed by atoms with Crippen molar-refractivity contribution < 1.29 is 4.74 Å². The molecule has 1 aromatic rings. The van der Waals surface area contributed by atoms with Gasteiger partial charge >= 0.3 is 0 Å². The normalized spacial score (nSPS) is 27.7. The molecule has 0 bridgehead atoms. The van der Waals surface area contributed by atoms with Crippen molar-refractivity contribution in [3.05, 3.63) is 24.0 Å². The minimum atomic E-state index is -0.0151. The minimum Gasteiger partial charge on any atom is -0.497 e. The third-order valence-corrected chi connectivity index (χ3v) is 1.99. The first-order chi connectivity index (χ1) is 5.29. The van der Waals surface area contributed by atoms with Crippen LogP contribution in [0.3, 0.4) is 0 Å². The molecule has 4 heteroatoms. The van der Waals surface area contributed by atoms with E-state index in [0.29, 0.717) is 0 Å². The highest BCUT2D eigenvalue weighted by atomic mass is 16.5. The molecule has 0 amide bonds. The molecular formula is C7H9BN2O. The van der Waals surface area contributed by atoms with Gasteiger partial charge in [-0.25, -0.2) is 0 Å². The molecule has 1 aliphatic rings. The minimum absolute atomic E-state index is 0.0151. The molecule has 0 radical (unpaired) electrons.